The van der Waals surface area contributed by atoms with Crippen LogP contribution in [0.25, 0.3) is 0 Å². The van der Waals surface area contributed by atoms with Crippen LogP contribution in [0, 0.1) is 5.82 Å². The maximum Gasteiger partial charge on any atom is 0.248 e. The van der Waals surface area contributed by atoms with Gasteiger partial charge in [0.25, 0.3) is 0 Å². The van der Waals surface area contributed by atoms with E-state index in [0.717, 1.165) is 31.4 Å². The van der Waals surface area contributed by atoms with Gasteiger partial charge in [0.15, 0.2) is 0 Å². The van der Waals surface area contributed by atoms with Crippen molar-refractivity contribution >= 4 is 5.91 Å². The van der Waals surface area contributed by atoms with Gasteiger partial charge in [0.1, 0.15) is 12.4 Å². The number of rotatable bonds is 5. The van der Waals surface area contributed by atoms with Crippen molar-refractivity contribution in [3.63, 3.8) is 0 Å². The average molecular weight is 307 g/mol. The van der Waals surface area contributed by atoms with Gasteiger partial charge in [0.2, 0.25) is 5.91 Å². The molecule has 2 unspecified atom stereocenters. The number of nitrogens with zero attached hydrogens (tertiary/aromatic N) is 1. The van der Waals surface area contributed by atoms with Crippen LogP contribution < -0.4 is 0 Å². The predicted molar refractivity (Wildman–Crippen MR) is 80.1 cm³/mol. The fourth-order valence-electron chi connectivity index (χ4n) is 3.16. The van der Waals surface area contributed by atoms with Gasteiger partial charge >= 0.3 is 0 Å². The maximum atomic E-state index is 13.3. The zero-order chi connectivity index (χ0) is 15.4. The minimum absolute atomic E-state index is 0.0110. The first-order valence-corrected chi connectivity index (χ1v) is 7.95. The number of hydrogen-bond acceptors (Lipinski definition) is 3. The summed E-state index contributed by atoms with van der Waals surface area (Å²) in [5.74, 6) is 0.0110. The number of halogens is 1. The molecule has 4 nitrogen and oxygen atoms in total. The smallest absolute Gasteiger partial charge is 0.248 e. The molecule has 120 valence electrons. The molecule has 2 aliphatic heterocycles. The molecule has 0 aliphatic carbocycles. The molecular formula is C17H22FNO3. The molecular weight excluding hydrogens is 285 g/mol. The molecule has 22 heavy (non-hydrogen) atoms. The lowest BCUT2D eigenvalue weighted by molar-refractivity contribution is -0.136. The molecule has 2 saturated heterocycles. The van der Waals surface area contributed by atoms with Gasteiger partial charge in [0.05, 0.1) is 12.7 Å². The van der Waals surface area contributed by atoms with E-state index in [9.17, 15) is 9.18 Å². The molecule has 2 aliphatic rings. The van der Waals surface area contributed by atoms with E-state index in [1.54, 1.807) is 12.1 Å². The summed E-state index contributed by atoms with van der Waals surface area (Å²) in [7, 11) is 0. The van der Waals surface area contributed by atoms with Crippen molar-refractivity contribution in [1.82, 2.24) is 4.90 Å². The highest BCUT2D eigenvalue weighted by molar-refractivity contribution is 5.77. The number of carbonyl (C=O) groups excluding carboxylic acids is 1. The van der Waals surface area contributed by atoms with Gasteiger partial charge in [-0.3, -0.25) is 4.79 Å². The Kier molecular flexibility index (Phi) is 5.05. The number of carbonyl (C=O) groups is 1. The van der Waals surface area contributed by atoms with Crippen molar-refractivity contribution < 1.29 is 18.7 Å². The second-order valence-electron chi connectivity index (χ2n) is 6.03. The van der Waals surface area contributed by atoms with Gasteiger partial charge in [-0.25, -0.2) is 4.39 Å². The third-order valence-corrected chi connectivity index (χ3v) is 4.41. The molecule has 0 saturated carbocycles. The average Bonchev–Trinajstić information content (AvgIpc) is 3.19. The summed E-state index contributed by atoms with van der Waals surface area (Å²) in [4.78, 5) is 14.0. The van der Waals surface area contributed by atoms with Gasteiger partial charge in [-0.15, -0.1) is 0 Å². The highest BCUT2D eigenvalue weighted by Gasteiger charge is 2.27. The second kappa shape index (κ2) is 7.20. The Morgan fingerprint density at radius 3 is 3.09 bits per heavy atom. The van der Waals surface area contributed by atoms with Crippen LogP contribution in [-0.4, -0.2) is 49.8 Å². The summed E-state index contributed by atoms with van der Waals surface area (Å²) < 4.78 is 24.2. The fourth-order valence-corrected chi connectivity index (χ4v) is 3.16. The molecule has 0 radical (unpaired) electrons. The van der Waals surface area contributed by atoms with E-state index in [4.69, 9.17) is 9.47 Å². The minimum Gasteiger partial charge on any atom is -0.376 e. The standard InChI is InChI=1S/C17H22FNO3/c18-15-4-1-3-13(9-15)14-6-7-19(10-14)17(20)12-21-11-16-5-2-8-22-16/h1,3-4,9,14,16H,2,5-8,10-12H2. The van der Waals surface area contributed by atoms with Crippen LogP contribution in [-0.2, 0) is 14.3 Å². The van der Waals surface area contributed by atoms with E-state index in [0.29, 0.717) is 19.7 Å². The summed E-state index contributed by atoms with van der Waals surface area (Å²) >= 11 is 0. The van der Waals surface area contributed by atoms with Crippen molar-refractivity contribution in [2.45, 2.75) is 31.3 Å². The Morgan fingerprint density at radius 2 is 2.32 bits per heavy atom. The van der Waals surface area contributed by atoms with Gasteiger partial charge in [-0.2, -0.15) is 0 Å². The van der Waals surface area contributed by atoms with Crippen LogP contribution in [0.3, 0.4) is 0 Å². The first kappa shape index (κ1) is 15.4. The monoisotopic (exact) mass is 307 g/mol. The summed E-state index contributed by atoms with van der Waals surface area (Å²) in [6.07, 6.45) is 3.11. The topological polar surface area (TPSA) is 38.8 Å². The Morgan fingerprint density at radius 1 is 1.41 bits per heavy atom. The fraction of sp³-hybridized carbons (Fsp3) is 0.588. The maximum absolute atomic E-state index is 13.3. The quantitative estimate of drug-likeness (QED) is 0.838. The van der Waals surface area contributed by atoms with Crippen LogP contribution in [0.2, 0.25) is 0 Å². The molecule has 2 fully saturated rings. The van der Waals surface area contributed by atoms with Gasteiger partial charge in [0, 0.05) is 25.6 Å². The first-order valence-electron chi connectivity index (χ1n) is 7.95. The SMILES string of the molecule is O=C(COCC1CCCO1)N1CCC(c2cccc(F)c2)C1. The Balaban J connectivity index is 1.44. The normalized spacial score (nSPS) is 24.9. The number of hydrogen-bond donors (Lipinski definition) is 0. The predicted octanol–water partition coefficient (Wildman–Crippen LogP) is 2.34. The van der Waals surface area contributed by atoms with Gasteiger partial charge < -0.3 is 14.4 Å². The van der Waals surface area contributed by atoms with Crippen molar-refractivity contribution in [3.8, 4) is 0 Å². The van der Waals surface area contributed by atoms with E-state index < -0.39 is 0 Å². The second-order valence-corrected chi connectivity index (χ2v) is 6.03. The van der Waals surface area contributed by atoms with Crippen molar-refractivity contribution in [3.05, 3.63) is 35.6 Å². The van der Waals surface area contributed by atoms with Crippen molar-refractivity contribution in [1.29, 1.82) is 0 Å². The van der Waals surface area contributed by atoms with Crippen LogP contribution in [0.5, 0.6) is 0 Å². The largest absolute Gasteiger partial charge is 0.376 e. The highest BCUT2D eigenvalue weighted by Crippen LogP contribution is 2.27. The minimum atomic E-state index is -0.220. The number of ether oxygens (including phenoxy) is 2. The van der Waals surface area contributed by atoms with E-state index in [2.05, 4.69) is 0 Å². The Labute approximate surface area is 130 Å². The van der Waals surface area contributed by atoms with Crippen LogP contribution in [0.1, 0.15) is 30.7 Å². The first-order chi connectivity index (χ1) is 10.7. The van der Waals surface area contributed by atoms with Gasteiger partial charge in [-0.05, 0) is 37.0 Å². The zero-order valence-electron chi connectivity index (χ0n) is 12.7. The van der Waals surface area contributed by atoms with Gasteiger partial charge in [-0.1, -0.05) is 12.1 Å². The molecule has 5 heteroatoms. The molecule has 3 rings (SSSR count). The molecule has 2 atom stereocenters. The molecule has 1 amide bonds. The Hall–Kier alpha value is -1.46. The number of amides is 1. The molecule has 2 heterocycles. The molecule has 1 aromatic rings. The lowest BCUT2D eigenvalue weighted by Crippen LogP contribution is -2.32. The summed E-state index contributed by atoms with van der Waals surface area (Å²) in [5.41, 5.74) is 0.968. The number of benzene rings is 1. The van der Waals surface area contributed by atoms with Crippen molar-refractivity contribution in [2.24, 2.45) is 0 Å². The summed E-state index contributed by atoms with van der Waals surface area (Å²) in [6, 6.07) is 6.66. The summed E-state index contributed by atoms with van der Waals surface area (Å²) in [5, 5.41) is 0. The molecule has 0 aromatic heterocycles. The summed E-state index contributed by atoms with van der Waals surface area (Å²) in [6.45, 7) is 2.75. The van der Waals surface area contributed by atoms with E-state index in [1.807, 2.05) is 11.0 Å². The molecule has 1 aromatic carbocycles. The molecule has 0 N–H and O–H groups in total. The van der Waals surface area contributed by atoms with E-state index in [-0.39, 0.29) is 30.4 Å². The van der Waals surface area contributed by atoms with Crippen LogP contribution in [0.15, 0.2) is 24.3 Å². The molecule has 0 spiro atoms. The van der Waals surface area contributed by atoms with E-state index in [1.165, 1.54) is 6.07 Å². The lowest BCUT2D eigenvalue weighted by atomic mass is 9.98. The van der Waals surface area contributed by atoms with Crippen LogP contribution in [0.4, 0.5) is 4.39 Å². The zero-order valence-corrected chi connectivity index (χ0v) is 12.7. The highest BCUT2D eigenvalue weighted by atomic mass is 19.1. The third kappa shape index (κ3) is 3.84. The third-order valence-electron chi connectivity index (χ3n) is 4.41. The van der Waals surface area contributed by atoms with Crippen molar-refractivity contribution in [2.75, 3.05) is 32.9 Å². The Bertz CT molecular complexity index is 516. The van der Waals surface area contributed by atoms with E-state index >= 15 is 0 Å². The number of likely N-dealkylation sites (tertiary alicyclic amines) is 1. The van der Waals surface area contributed by atoms with Crippen LogP contribution >= 0.6 is 0 Å². The molecule has 0 bridgehead atoms. The lowest BCUT2D eigenvalue weighted by Gasteiger charge is -2.17.